The van der Waals surface area contributed by atoms with Crippen molar-refractivity contribution < 1.29 is 10.2 Å². The van der Waals surface area contributed by atoms with Crippen molar-refractivity contribution >= 4 is 43.2 Å². The Bertz CT molecular complexity index is 1410. The molecule has 0 amide bonds. The molecule has 0 atom stereocenters. The molecule has 6 N–H and O–H groups in total. The van der Waals surface area contributed by atoms with E-state index in [9.17, 15) is 0 Å². The van der Waals surface area contributed by atoms with Crippen LogP contribution in [0.15, 0.2) is 69.9 Å². The monoisotopic (exact) mass is 638 g/mol. The highest BCUT2D eigenvalue weighted by Crippen LogP contribution is 2.35. The van der Waals surface area contributed by atoms with E-state index in [4.69, 9.17) is 21.7 Å². The van der Waals surface area contributed by atoms with Crippen molar-refractivity contribution in [1.29, 1.82) is 0 Å². The maximum Gasteiger partial charge on any atom is 0.0853 e. The van der Waals surface area contributed by atoms with Gasteiger partial charge in [0, 0.05) is 38.3 Å². The molecule has 198 valence electrons. The van der Waals surface area contributed by atoms with E-state index in [0.717, 1.165) is 50.7 Å². The third-order valence-electron chi connectivity index (χ3n) is 6.83. The fraction of sp³-hybridized carbons (Fsp3) is 0.267. The first-order chi connectivity index (χ1) is 18.4. The molecule has 2 aliphatic rings. The van der Waals surface area contributed by atoms with Crippen LogP contribution >= 0.6 is 31.9 Å². The molecule has 6 rings (SSSR count). The Hall–Kier alpha value is -2.78. The van der Waals surface area contributed by atoms with Crippen LogP contribution in [0.25, 0.3) is 11.1 Å². The van der Waals surface area contributed by atoms with Crippen LogP contribution < -0.4 is 11.5 Å². The lowest BCUT2D eigenvalue weighted by atomic mass is 9.98. The number of nitrogen functional groups attached to an aromatic ring is 2. The molecule has 0 bridgehead atoms. The van der Waals surface area contributed by atoms with E-state index in [1.54, 1.807) is 18.5 Å². The maximum absolute atomic E-state index is 9.14. The van der Waals surface area contributed by atoms with Crippen molar-refractivity contribution in [1.82, 2.24) is 9.97 Å². The number of aromatic nitrogens is 2. The second-order valence-corrected chi connectivity index (χ2v) is 11.1. The van der Waals surface area contributed by atoms with Crippen LogP contribution in [0.5, 0.6) is 0 Å². The normalized spacial score (nSPS) is 13.1. The quantitative estimate of drug-likeness (QED) is 0.199. The molecule has 2 aliphatic carbocycles. The Morgan fingerprint density at radius 3 is 1.87 bits per heavy atom. The number of nitrogens with two attached hydrogens (primary N) is 2. The first-order valence-corrected chi connectivity index (χ1v) is 14.2. The number of aryl methyl sites for hydroxylation is 2. The van der Waals surface area contributed by atoms with Crippen LogP contribution in [0.3, 0.4) is 0 Å². The highest BCUT2D eigenvalue weighted by Gasteiger charge is 2.17. The van der Waals surface area contributed by atoms with E-state index < -0.39 is 0 Å². The maximum atomic E-state index is 9.14. The van der Waals surface area contributed by atoms with Crippen molar-refractivity contribution in [2.24, 2.45) is 0 Å². The Labute approximate surface area is 240 Å². The smallest absolute Gasteiger partial charge is 0.0853 e. The number of aliphatic hydroxyl groups is 2. The number of halogens is 2. The Balaban J connectivity index is 0.000000144. The molecular formula is C30H32Br2N4O2. The van der Waals surface area contributed by atoms with Crippen LogP contribution in [0, 0.1) is 0 Å². The molecule has 0 aliphatic heterocycles. The minimum absolute atomic E-state index is 0.000556. The molecule has 6 nitrogen and oxygen atoms in total. The number of fused-ring (bicyclic) bond motifs is 2. The van der Waals surface area contributed by atoms with E-state index >= 15 is 0 Å². The minimum Gasteiger partial charge on any atom is -0.398 e. The summed E-state index contributed by atoms with van der Waals surface area (Å²) in [6, 6.07) is 15.9. The molecular weight excluding hydrogens is 608 g/mol. The van der Waals surface area contributed by atoms with E-state index in [1.807, 2.05) is 24.3 Å². The summed E-state index contributed by atoms with van der Waals surface area (Å²) < 4.78 is 1.99. The number of rotatable bonds is 3. The van der Waals surface area contributed by atoms with Crippen LogP contribution in [0.4, 0.5) is 11.4 Å². The predicted octanol–water partition coefficient (Wildman–Crippen LogP) is 6.17. The minimum atomic E-state index is -0.0430. The zero-order valence-electron chi connectivity index (χ0n) is 21.1. The lowest BCUT2D eigenvalue weighted by Crippen LogP contribution is -1.98. The van der Waals surface area contributed by atoms with Gasteiger partial charge in [0.2, 0.25) is 0 Å². The zero-order valence-corrected chi connectivity index (χ0v) is 24.3. The number of nitrogens with zero attached hydrogens (tertiary/aromatic N) is 2. The second-order valence-electron chi connectivity index (χ2n) is 9.29. The number of benzene rings is 2. The summed E-state index contributed by atoms with van der Waals surface area (Å²) in [5.41, 5.74) is 22.9. The molecule has 0 spiro atoms. The summed E-state index contributed by atoms with van der Waals surface area (Å²) in [6.07, 6.45) is 10.4. The first kappa shape index (κ1) is 28.2. The van der Waals surface area contributed by atoms with Gasteiger partial charge >= 0.3 is 0 Å². The largest absolute Gasteiger partial charge is 0.398 e. The average Bonchev–Trinajstić information content (AvgIpc) is 3.62. The van der Waals surface area contributed by atoms with E-state index in [0.29, 0.717) is 11.4 Å². The van der Waals surface area contributed by atoms with Crippen molar-refractivity contribution in [2.45, 2.75) is 51.7 Å². The number of anilines is 2. The fourth-order valence-electron chi connectivity index (χ4n) is 4.88. The van der Waals surface area contributed by atoms with Crippen molar-refractivity contribution in [3.63, 3.8) is 0 Å². The van der Waals surface area contributed by atoms with Gasteiger partial charge in [0.05, 0.1) is 24.6 Å². The van der Waals surface area contributed by atoms with Crippen molar-refractivity contribution in [3.05, 3.63) is 104 Å². The van der Waals surface area contributed by atoms with Crippen LogP contribution in [0.1, 0.15) is 46.5 Å². The fourth-order valence-corrected chi connectivity index (χ4v) is 5.63. The van der Waals surface area contributed by atoms with Crippen LogP contribution in [-0.2, 0) is 38.9 Å². The van der Waals surface area contributed by atoms with Gasteiger partial charge < -0.3 is 21.7 Å². The number of hydrogen-bond donors (Lipinski definition) is 4. The average molecular weight is 640 g/mol. The summed E-state index contributed by atoms with van der Waals surface area (Å²) in [4.78, 5) is 7.97. The topological polar surface area (TPSA) is 118 Å². The third-order valence-corrected chi connectivity index (χ3v) is 8.02. The SMILES string of the molecule is Nc1c(-c2ccnc(CO)c2)ccc2c1CCC2.Nc1c(Br)ccc2c1CCC2.OCc1cc(Br)ccn1. The Morgan fingerprint density at radius 1 is 0.684 bits per heavy atom. The van der Waals surface area contributed by atoms with Gasteiger partial charge in [-0.15, -0.1) is 0 Å². The number of aliphatic hydroxyl groups excluding tert-OH is 2. The summed E-state index contributed by atoms with van der Waals surface area (Å²) in [5, 5.41) is 17.7. The number of pyridine rings is 2. The first-order valence-electron chi connectivity index (χ1n) is 12.6. The van der Waals surface area contributed by atoms with Gasteiger partial charge in [-0.3, -0.25) is 9.97 Å². The van der Waals surface area contributed by atoms with E-state index in [1.165, 1.54) is 41.5 Å². The second kappa shape index (κ2) is 13.3. The Kier molecular flexibility index (Phi) is 9.91. The van der Waals surface area contributed by atoms with Crippen molar-refractivity contribution in [3.8, 4) is 11.1 Å². The Morgan fingerprint density at radius 2 is 1.26 bits per heavy atom. The molecule has 0 saturated heterocycles. The van der Waals surface area contributed by atoms with Gasteiger partial charge in [0.15, 0.2) is 0 Å². The molecule has 0 saturated carbocycles. The van der Waals surface area contributed by atoms with E-state index in [2.05, 4.69) is 60.0 Å². The van der Waals surface area contributed by atoms with Gasteiger partial charge in [-0.1, -0.05) is 34.1 Å². The summed E-state index contributed by atoms with van der Waals surface area (Å²) >= 11 is 6.68. The standard InChI is InChI=1S/C15H16N2O.C9H10BrN.C6H6BrNO/c16-15-13-3-1-2-10(13)4-5-14(15)11-6-7-17-12(8-11)9-18;10-8-5-4-6-2-1-3-7(6)9(8)11;7-5-1-2-8-6(3-5)4-9/h4-8,18H,1-3,9,16H2;4-5H,1-3,11H2;1-3,9H,4H2. The molecule has 38 heavy (non-hydrogen) atoms. The van der Waals surface area contributed by atoms with E-state index in [-0.39, 0.29) is 13.2 Å². The predicted molar refractivity (Wildman–Crippen MR) is 160 cm³/mol. The van der Waals surface area contributed by atoms with Crippen LogP contribution in [0.2, 0.25) is 0 Å². The summed E-state index contributed by atoms with van der Waals surface area (Å²) in [6.45, 7) is -0.0435. The summed E-state index contributed by atoms with van der Waals surface area (Å²) in [5.74, 6) is 0. The molecule has 8 heteroatoms. The third kappa shape index (κ3) is 6.80. The molecule has 0 radical (unpaired) electrons. The van der Waals surface area contributed by atoms with Gasteiger partial charge in [0.1, 0.15) is 0 Å². The summed E-state index contributed by atoms with van der Waals surface area (Å²) in [7, 11) is 0. The lowest BCUT2D eigenvalue weighted by Gasteiger charge is -2.11. The number of hydrogen-bond acceptors (Lipinski definition) is 6. The zero-order chi connectivity index (χ0) is 27.1. The molecule has 2 aromatic heterocycles. The highest BCUT2D eigenvalue weighted by molar-refractivity contribution is 9.10. The molecule has 2 aromatic carbocycles. The van der Waals surface area contributed by atoms with Gasteiger partial charge in [-0.2, -0.15) is 0 Å². The van der Waals surface area contributed by atoms with Gasteiger partial charge in [-0.25, -0.2) is 0 Å². The lowest BCUT2D eigenvalue weighted by molar-refractivity contribution is 0.276. The van der Waals surface area contributed by atoms with Gasteiger partial charge in [-0.05, 0) is 113 Å². The molecule has 0 unspecified atom stereocenters. The molecule has 0 fully saturated rings. The van der Waals surface area contributed by atoms with Crippen LogP contribution in [-0.4, -0.2) is 20.2 Å². The highest BCUT2D eigenvalue weighted by atomic mass is 79.9. The van der Waals surface area contributed by atoms with Gasteiger partial charge in [0.25, 0.3) is 0 Å². The molecule has 4 aromatic rings. The van der Waals surface area contributed by atoms with Crippen molar-refractivity contribution in [2.75, 3.05) is 11.5 Å². The molecule has 2 heterocycles.